The molecule has 1 saturated heterocycles. The lowest BCUT2D eigenvalue weighted by Gasteiger charge is -2.33. The fourth-order valence-corrected chi connectivity index (χ4v) is 5.80. The van der Waals surface area contributed by atoms with Gasteiger partial charge in [0.05, 0.1) is 0 Å². The van der Waals surface area contributed by atoms with Gasteiger partial charge in [-0.2, -0.15) is 0 Å². The summed E-state index contributed by atoms with van der Waals surface area (Å²) in [7, 11) is 0. The molecule has 1 unspecified atom stereocenters. The van der Waals surface area contributed by atoms with Crippen LogP contribution in [-0.2, 0) is 19.4 Å². The van der Waals surface area contributed by atoms with Gasteiger partial charge in [-0.15, -0.1) is 0 Å². The van der Waals surface area contributed by atoms with E-state index in [2.05, 4.69) is 27.6 Å². The highest BCUT2D eigenvalue weighted by molar-refractivity contribution is 6.00. The van der Waals surface area contributed by atoms with E-state index in [0.717, 1.165) is 43.4 Å². The van der Waals surface area contributed by atoms with Gasteiger partial charge in [0.1, 0.15) is 22.8 Å². The molecule has 200 valence electrons. The number of aryl methyl sites for hydroxylation is 3. The average molecular weight is 526 g/mol. The molecule has 39 heavy (non-hydrogen) atoms. The van der Waals surface area contributed by atoms with Gasteiger partial charge in [-0.25, -0.2) is 4.79 Å². The van der Waals surface area contributed by atoms with Crippen LogP contribution >= 0.6 is 0 Å². The molecule has 2 N–H and O–H groups in total. The third kappa shape index (κ3) is 5.04. The van der Waals surface area contributed by atoms with E-state index in [1.54, 1.807) is 11.8 Å². The van der Waals surface area contributed by atoms with E-state index in [4.69, 9.17) is 4.52 Å². The van der Waals surface area contributed by atoms with Gasteiger partial charge in [-0.1, -0.05) is 41.6 Å². The van der Waals surface area contributed by atoms with E-state index in [9.17, 15) is 14.4 Å². The van der Waals surface area contributed by atoms with Gasteiger partial charge < -0.3 is 14.7 Å². The van der Waals surface area contributed by atoms with Gasteiger partial charge in [0.2, 0.25) is 0 Å². The Kier molecular flexibility index (Phi) is 6.64. The number of aromatic amines is 1. The summed E-state index contributed by atoms with van der Waals surface area (Å²) in [6, 6.07) is 17.1. The van der Waals surface area contributed by atoms with Crippen LogP contribution < -0.4 is 16.6 Å². The summed E-state index contributed by atoms with van der Waals surface area (Å²) in [6.07, 6.45) is 4.90. The largest absolute Gasteiger partial charge is 0.360 e. The van der Waals surface area contributed by atoms with Crippen LogP contribution in [0, 0.1) is 12.8 Å². The number of piperidine rings is 1. The smallest absolute Gasteiger partial charge is 0.329 e. The highest BCUT2D eigenvalue weighted by Crippen LogP contribution is 2.29. The summed E-state index contributed by atoms with van der Waals surface area (Å²) in [5, 5.41) is 7.32. The number of nitrogens with zero attached hydrogens (tertiary/aromatic N) is 3. The number of carbonyl (C=O) groups excluding carboxylic acids is 1. The standard InChI is InChI=1S/C30H31N5O4/c1-19-27(28(33-39-19)22-8-3-2-4-9-22)29(37)34-14-6-7-20(17-34)18-35-26(36)16-25(32-30(35)38)31-24-13-12-21-10-5-11-23(21)15-24/h2-4,8-9,12-13,15-16,20,31H,5-7,10-11,14,17-18H2,1H3,(H,32,38). The van der Waals surface area contributed by atoms with Gasteiger partial charge in [-0.05, 0) is 68.2 Å². The van der Waals surface area contributed by atoms with E-state index in [-0.39, 0.29) is 23.9 Å². The first-order chi connectivity index (χ1) is 19.0. The topological polar surface area (TPSA) is 113 Å². The SMILES string of the molecule is Cc1onc(-c2ccccc2)c1C(=O)N1CCCC(Cn2c(=O)cc(Nc3ccc4c(c3)CCC4)[nH]c2=O)C1. The third-order valence-electron chi connectivity index (χ3n) is 7.77. The summed E-state index contributed by atoms with van der Waals surface area (Å²) in [6.45, 7) is 3.03. The fourth-order valence-electron chi connectivity index (χ4n) is 5.80. The minimum absolute atomic E-state index is 0.0302. The molecule has 9 heteroatoms. The number of anilines is 2. The maximum absolute atomic E-state index is 13.6. The zero-order chi connectivity index (χ0) is 26.9. The van der Waals surface area contributed by atoms with Crippen molar-refractivity contribution in [2.24, 2.45) is 5.92 Å². The molecular weight excluding hydrogens is 494 g/mol. The number of H-pyrrole nitrogens is 1. The Labute approximate surface area is 225 Å². The van der Waals surface area contributed by atoms with Crippen LogP contribution in [0.1, 0.15) is 46.5 Å². The van der Waals surface area contributed by atoms with Crippen LogP contribution in [0.15, 0.2) is 68.7 Å². The van der Waals surface area contributed by atoms with Crippen LogP contribution in [0.3, 0.4) is 0 Å². The van der Waals surface area contributed by atoms with Crippen molar-refractivity contribution in [1.82, 2.24) is 19.6 Å². The van der Waals surface area contributed by atoms with Gasteiger partial charge in [0.25, 0.3) is 11.5 Å². The lowest BCUT2D eigenvalue weighted by atomic mass is 9.96. The van der Waals surface area contributed by atoms with Crippen LogP contribution in [0.5, 0.6) is 0 Å². The molecular formula is C30H31N5O4. The van der Waals surface area contributed by atoms with E-state index in [0.29, 0.717) is 35.9 Å². The molecule has 1 amide bonds. The van der Waals surface area contributed by atoms with Crippen molar-refractivity contribution in [3.05, 3.63) is 97.9 Å². The second-order valence-electron chi connectivity index (χ2n) is 10.5. The van der Waals surface area contributed by atoms with Crippen molar-refractivity contribution in [3.8, 4) is 11.3 Å². The molecule has 1 fully saturated rings. The first kappa shape index (κ1) is 24.9. The van der Waals surface area contributed by atoms with Crippen LogP contribution in [0.4, 0.5) is 11.5 Å². The Morgan fingerprint density at radius 1 is 1.08 bits per heavy atom. The number of hydrogen-bond donors (Lipinski definition) is 2. The molecule has 0 radical (unpaired) electrons. The summed E-state index contributed by atoms with van der Waals surface area (Å²) < 4.78 is 6.63. The third-order valence-corrected chi connectivity index (χ3v) is 7.77. The molecule has 0 bridgehead atoms. The Balaban J connectivity index is 1.17. The number of benzene rings is 2. The van der Waals surface area contributed by atoms with Gasteiger partial charge in [-0.3, -0.25) is 19.1 Å². The van der Waals surface area contributed by atoms with E-state index in [1.807, 2.05) is 36.4 Å². The Bertz CT molecular complexity index is 1600. The monoisotopic (exact) mass is 525 g/mol. The zero-order valence-corrected chi connectivity index (χ0v) is 21.9. The molecule has 0 spiro atoms. The molecule has 6 rings (SSSR count). The molecule has 0 saturated carbocycles. The minimum Gasteiger partial charge on any atom is -0.360 e. The number of carbonyl (C=O) groups is 1. The molecule has 1 aliphatic carbocycles. The first-order valence-corrected chi connectivity index (χ1v) is 13.5. The summed E-state index contributed by atoms with van der Waals surface area (Å²) in [5.41, 5.74) is 4.49. The molecule has 2 aromatic heterocycles. The predicted octanol–water partition coefficient (Wildman–Crippen LogP) is 4.28. The summed E-state index contributed by atoms with van der Waals surface area (Å²) >= 11 is 0. The Morgan fingerprint density at radius 3 is 2.72 bits per heavy atom. The number of rotatable bonds is 6. The predicted molar refractivity (Wildman–Crippen MR) is 148 cm³/mol. The van der Waals surface area contributed by atoms with Gasteiger partial charge in [0.15, 0.2) is 0 Å². The van der Waals surface area contributed by atoms with Crippen LogP contribution in [0.2, 0.25) is 0 Å². The lowest BCUT2D eigenvalue weighted by Crippen LogP contribution is -2.44. The molecule has 1 atom stereocenters. The highest BCUT2D eigenvalue weighted by Gasteiger charge is 2.30. The van der Waals surface area contributed by atoms with E-state index < -0.39 is 5.69 Å². The Morgan fingerprint density at radius 2 is 1.90 bits per heavy atom. The van der Waals surface area contributed by atoms with Crippen molar-refractivity contribution < 1.29 is 9.32 Å². The molecule has 1 aliphatic heterocycles. The van der Waals surface area contributed by atoms with Crippen molar-refractivity contribution in [2.45, 2.75) is 45.6 Å². The number of hydrogen-bond acceptors (Lipinski definition) is 6. The number of fused-ring (bicyclic) bond motifs is 1. The van der Waals surface area contributed by atoms with Gasteiger partial charge >= 0.3 is 5.69 Å². The fraction of sp³-hybridized carbons (Fsp3) is 0.333. The minimum atomic E-state index is -0.462. The molecule has 3 heterocycles. The molecule has 2 aromatic carbocycles. The average Bonchev–Trinajstić information content (AvgIpc) is 3.57. The number of aromatic nitrogens is 3. The first-order valence-electron chi connectivity index (χ1n) is 13.5. The second kappa shape index (κ2) is 10.4. The van der Waals surface area contributed by atoms with Crippen molar-refractivity contribution in [3.63, 3.8) is 0 Å². The quantitative estimate of drug-likeness (QED) is 0.388. The lowest BCUT2D eigenvalue weighted by molar-refractivity contribution is 0.0659. The molecule has 4 aromatic rings. The summed E-state index contributed by atoms with van der Waals surface area (Å²) in [4.78, 5) is 44.1. The van der Waals surface area contributed by atoms with Crippen LogP contribution in [0.25, 0.3) is 11.3 Å². The Hall–Kier alpha value is -4.40. The van der Waals surface area contributed by atoms with Crippen molar-refractivity contribution >= 4 is 17.4 Å². The number of nitrogens with one attached hydrogen (secondary N) is 2. The highest BCUT2D eigenvalue weighted by atomic mass is 16.5. The van der Waals surface area contributed by atoms with Gasteiger partial charge in [0, 0.05) is 37.0 Å². The second-order valence-corrected chi connectivity index (χ2v) is 10.5. The van der Waals surface area contributed by atoms with E-state index >= 15 is 0 Å². The molecule has 9 nitrogen and oxygen atoms in total. The maximum atomic E-state index is 13.6. The zero-order valence-electron chi connectivity index (χ0n) is 21.9. The molecule has 2 aliphatic rings. The number of likely N-dealkylation sites (tertiary alicyclic amines) is 1. The normalized spacial score (nSPS) is 16.7. The van der Waals surface area contributed by atoms with E-state index in [1.165, 1.54) is 21.8 Å². The van der Waals surface area contributed by atoms with Crippen molar-refractivity contribution in [1.29, 1.82) is 0 Å². The maximum Gasteiger partial charge on any atom is 0.329 e. The number of amides is 1. The van der Waals surface area contributed by atoms with Crippen molar-refractivity contribution in [2.75, 3.05) is 18.4 Å². The summed E-state index contributed by atoms with van der Waals surface area (Å²) in [5.74, 6) is 0.668. The van der Waals surface area contributed by atoms with Crippen LogP contribution in [-0.4, -0.2) is 38.6 Å².